The van der Waals surface area contributed by atoms with E-state index in [1.807, 2.05) is 0 Å². The lowest BCUT2D eigenvalue weighted by Crippen LogP contribution is -2.66. The summed E-state index contributed by atoms with van der Waals surface area (Å²) in [6.45, 7) is 15.4. The molecule has 1 saturated carbocycles. The monoisotopic (exact) mass is 730 g/mol. The molecule has 4 rings (SSSR count). The molecule has 3 fully saturated rings. The summed E-state index contributed by atoms with van der Waals surface area (Å²) in [5.41, 5.74) is -4.28. The highest BCUT2D eigenvalue weighted by molar-refractivity contribution is 5.90. The van der Waals surface area contributed by atoms with Crippen molar-refractivity contribution in [1.82, 2.24) is 0 Å². The molecule has 1 unspecified atom stereocenters. The van der Waals surface area contributed by atoms with Crippen LogP contribution in [0.15, 0.2) is 42.5 Å². The zero-order valence-electron chi connectivity index (χ0n) is 30.7. The quantitative estimate of drug-likeness (QED) is 0.243. The van der Waals surface area contributed by atoms with Gasteiger partial charge in [-0.05, 0) is 24.5 Å². The number of hydrogen-bond acceptors (Lipinski definition) is 15. The molecule has 1 aliphatic carbocycles. The molecule has 0 aromatic heterocycles. The van der Waals surface area contributed by atoms with E-state index in [1.165, 1.54) is 32.9 Å². The summed E-state index contributed by atoms with van der Waals surface area (Å²) in [7, 11) is 0. The number of ketones is 1. The van der Waals surface area contributed by atoms with Crippen LogP contribution in [0.4, 0.5) is 0 Å². The van der Waals surface area contributed by atoms with Crippen molar-refractivity contribution in [1.29, 1.82) is 0 Å². The Morgan fingerprint density at radius 1 is 0.769 bits per heavy atom. The maximum atomic E-state index is 14.4. The average Bonchev–Trinajstić information content (AvgIpc) is 3.45. The predicted molar refractivity (Wildman–Crippen MR) is 177 cm³/mol. The Balaban J connectivity index is 2.16. The number of aliphatic hydroxyl groups is 1. The van der Waals surface area contributed by atoms with E-state index in [-0.39, 0.29) is 17.6 Å². The smallest absolute Gasteiger partial charge is 0.338 e. The molecular formula is C37H46O15. The van der Waals surface area contributed by atoms with Crippen molar-refractivity contribution in [3.63, 3.8) is 0 Å². The van der Waals surface area contributed by atoms with Crippen molar-refractivity contribution < 1.29 is 71.8 Å². The van der Waals surface area contributed by atoms with Crippen LogP contribution in [0.3, 0.4) is 0 Å². The predicted octanol–water partition coefficient (Wildman–Crippen LogP) is 2.79. The largest absolute Gasteiger partial charge is 0.462 e. The Morgan fingerprint density at radius 2 is 1.31 bits per heavy atom. The summed E-state index contributed by atoms with van der Waals surface area (Å²) < 4.78 is 41.7. The Hall–Kier alpha value is -4.63. The third kappa shape index (κ3) is 7.20. The van der Waals surface area contributed by atoms with Crippen LogP contribution >= 0.6 is 0 Å². The lowest BCUT2D eigenvalue weighted by atomic mass is 9.68. The molecule has 15 nitrogen and oxygen atoms in total. The second-order valence-electron chi connectivity index (χ2n) is 14.3. The van der Waals surface area contributed by atoms with E-state index < -0.39 is 113 Å². The molecule has 52 heavy (non-hydrogen) atoms. The fourth-order valence-electron chi connectivity index (χ4n) is 7.99. The van der Waals surface area contributed by atoms with Gasteiger partial charge in [0.2, 0.25) is 5.79 Å². The molecule has 15 heteroatoms. The van der Waals surface area contributed by atoms with Gasteiger partial charge in [-0.1, -0.05) is 52.5 Å². The first-order valence-electron chi connectivity index (χ1n) is 16.9. The average molecular weight is 731 g/mol. The Morgan fingerprint density at radius 3 is 1.83 bits per heavy atom. The molecule has 11 atom stereocenters. The Kier molecular flexibility index (Phi) is 11.4. The maximum absolute atomic E-state index is 14.4. The molecule has 0 radical (unpaired) electrons. The summed E-state index contributed by atoms with van der Waals surface area (Å²) in [5.74, 6) is -12.7. The van der Waals surface area contributed by atoms with Gasteiger partial charge in [0.1, 0.15) is 18.3 Å². The highest BCUT2D eigenvalue weighted by Gasteiger charge is 2.77. The van der Waals surface area contributed by atoms with E-state index in [0.717, 1.165) is 34.6 Å². The van der Waals surface area contributed by atoms with Gasteiger partial charge in [-0.2, -0.15) is 0 Å². The van der Waals surface area contributed by atoms with Crippen LogP contribution in [0.5, 0.6) is 0 Å². The van der Waals surface area contributed by atoms with Crippen LogP contribution < -0.4 is 0 Å². The van der Waals surface area contributed by atoms with Gasteiger partial charge < -0.3 is 38.3 Å². The molecule has 1 aromatic carbocycles. The second-order valence-corrected chi connectivity index (χ2v) is 14.3. The SMILES string of the molecule is C=C1[C@H](OC(C)=O)[C@@H](OC(=O)c2ccccc2)[C@@H](OC(C)=O)C(C)(C)C2O[C@](O)([C@H](C)C2=O)[C@@]2(OC(C)=O)C[C@H](C)[C@H](OC(C)=O)[C@@H]2[C@H]1OC(C)=O. The molecular weight excluding hydrogens is 684 g/mol. The van der Waals surface area contributed by atoms with Gasteiger partial charge in [-0.25, -0.2) is 4.79 Å². The lowest BCUT2D eigenvalue weighted by Gasteiger charge is -2.49. The van der Waals surface area contributed by atoms with E-state index in [2.05, 4.69) is 6.58 Å². The van der Waals surface area contributed by atoms with Crippen molar-refractivity contribution in [2.24, 2.45) is 23.2 Å². The number of carbonyl (C=O) groups is 7. The summed E-state index contributed by atoms with van der Waals surface area (Å²) in [6, 6.07) is 7.68. The van der Waals surface area contributed by atoms with E-state index in [0.29, 0.717) is 0 Å². The molecule has 2 saturated heterocycles. The summed E-state index contributed by atoms with van der Waals surface area (Å²) in [5, 5.41) is 12.8. The minimum Gasteiger partial charge on any atom is -0.462 e. The van der Waals surface area contributed by atoms with Crippen LogP contribution in [0.2, 0.25) is 0 Å². The van der Waals surface area contributed by atoms with E-state index in [1.54, 1.807) is 25.1 Å². The first-order valence-corrected chi connectivity index (χ1v) is 16.9. The van der Waals surface area contributed by atoms with Crippen LogP contribution in [-0.2, 0) is 61.9 Å². The summed E-state index contributed by atoms with van der Waals surface area (Å²) in [6.07, 6.45) is -10.4. The zero-order chi connectivity index (χ0) is 39.1. The molecule has 2 bridgehead atoms. The van der Waals surface area contributed by atoms with Gasteiger partial charge in [0.05, 0.1) is 17.4 Å². The van der Waals surface area contributed by atoms with E-state index >= 15 is 0 Å². The number of rotatable bonds is 7. The molecule has 2 aliphatic heterocycles. The normalized spacial score (nSPS) is 35.2. The first-order chi connectivity index (χ1) is 24.1. The van der Waals surface area contributed by atoms with Gasteiger partial charge in [0.25, 0.3) is 0 Å². The number of carbonyl (C=O) groups excluding carboxylic acids is 7. The molecule has 1 aromatic rings. The molecule has 2 heterocycles. The lowest BCUT2D eigenvalue weighted by molar-refractivity contribution is -0.334. The zero-order valence-corrected chi connectivity index (χ0v) is 30.7. The van der Waals surface area contributed by atoms with Crippen molar-refractivity contribution >= 4 is 41.6 Å². The van der Waals surface area contributed by atoms with Crippen LogP contribution in [0.1, 0.15) is 79.1 Å². The Labute approximate surface area is 301 Å². The number of fused-ring (bicyclic) bond motifs is 4. The molecule has 0 spiro atoms. The van der Waals surface area contributed by atoms with Crippen molar-refractivity contribution in [2.45, 2.75) is 117 Å². The third-order valence-corrected chi connectivity index (χ3v) is 10.1. The highest BCUT2D eigenvalue weighted by atomic mass is 16.7. The fraction of sp³-hybridized carbons (Fsp3) is 0.595. The van der Waals surface area contributed by atoms with Crippen molar-refractivity contribution in [2.75, 3.05) is 0 Å². The number of benzene rings is 1. The molecule has 284 valence electrons. The van der Waals surface area contributed by atoms with Crippen LogP contribution in [0.25, 0.3) is 0 Å². The number of hydrogen-bond donors (Lipinski definition) is 1. The molecule has 1 N–H and O–H groups in total. The topological polar surface area (TPSA) is 204 Å². The second kappa shape index (κ2) is 14.8. The van der Waals surface area contributed by atoms with Gasteiger partial charge in [0.15, 0.2) is 29.7 Å². The number of esters is 6. The Bertz CT molecular complexity index is 1630. The van der Waals surface area contributed by atoms with Crippen LogP contribution in [-0.4, -0.2) is 94.7 Å². The highest BCUT2D eigenvalue weighted by Crippen LogP contribution is 2.60. The standard InChI is InChI=1S/C37H46O15/c1-17-16-36(51-24(8)42)26(28(17)46-20(4)38)29(47-21(5)39)18(2)30(48-22(6)40)31(50-34(44)25-14-12-11-13-15-25)33(49-23(7)41)35(9,10)32-27(43)19(3)37(36,45)52-32/h11-15,17,19,26,28-33,45H,2,16H2,1,3-10H3/t17-,19+,26+,28-,29-,30-,31+,32?,33+,36+,37+/m0/s1. The maximum Gasteiger partial charge on any atom is 0.338 e. The number of Topliss-reactive ketones (excluding diaryl/α,β-unsaturated/α-hetero) is 1. The first kappa shape index (κ1) is 40.1. The third-order valence-electron chi connectivity index (χ3n) is 10.1. The van der Waals surface area contributed by atoms with E-state index in [9.17, 15) is 38.7 Å². The summed E-state index contributed by atoms with van der Waals surface area (Å²) in [4.78, 5) is 92.5. The van der Waals surface area contributed by atoms with E-state index in [4.69, 9.17) is 33.2 Å². The van der Waals surface area contributed by atoms with Gasteiger partial charge in [0, 0.05) is 45.6 Å². The molecule has 0 amide bonds. The van der Waals surface area contributed by atoms with Crippen molar-refractivity contribution in [3.05, 3.63) is 48.0 Å². The minimum atomic E-state index is -2.71. The van der Waals surface area contributed by atoms with Gasteiger partial charge >= 0.3 is 35.8 Å². The minimum absolute atomic E-state index is 0.0459. The van der Waals surface area contributed by atoms with Gasteiger partial charge in [-0.3, -0.25) is 28.8 Å². The van der Waals surface area contributed by atoms with Gasteiger partial charge in [-0.15, -0.1) is 0 Å². The number of ether oxygens (including phenoxy) is 7. The summed E-state index contributed by atoms with van der Waals surface area (Å²) >= 11 is 0. The molecule has 3 aliphatic rings. The fourth-order valence-corrected chi connectivity index (χ4v) is 7.99. The van der Waals surface area contributed by atoms with Crippen molar-refractivity contribution in [3.8, 4) is 0 Å². The van der Waals surface area contributed by atoms with Crippen LogP contribution in [0, 0.1) is 23.2 Å².